The molecule has 0 saturated heterocycles. The third kappa shape index (κ3) is 5.95. The number of benzene rings is 3. The summed E-state index contributed by atoms with van der Waals surface area (Å²) in [6, 6.07) is 21.6. The molecule has 0 bridgehead atoms. The average Bonchev–Trinajstić information content (AvgIpc) is 2.84. The van der Waals surface area contributed by atoms with Gasteiger partial charge in [0.25, 0.3) is 0 Å². The van der Waals surface area contributed by atoms with E-state index in [0.29, 0.717) is 6.61 Å². The minimum Gasteiger partial charge on any atom is -0.494 e. The van der Waals surface area contributed by atoms with E-state index in [0.717, 1.165) is 28.7 Å². The Morgan fingerprint density at radius 3 is 2.19 bits per heavy atom. The summed E-state index contributed by atoms with van der Waals surface area (Å²) in [5.41, 5.74) is 3.64. The molecule has 0 spiro atoms. The molecule has 0 aromatic heterocycles. The lowest BCUT2D eigenvalue weighted by Crippen LogP contribution is -2.13. The number of hydrogen-bond donors (Lipinski definition) is 0. The second-order valence-corrected chi connectivity index (χ2v) is 9.24. The first-order chi connectivity index (χ1) is 15.7. The number of ether oxygens (including phenoxy) is 1. The van der Waals surface area contributed by atoms with Crippen LogP contribution in [0.2, 0.25) is 0 Å². The Morgan fingerprint density at radius 2 is 1.44 bits per heavy atom. The van der Waals surface area contributed by atoms with Crippen LogP contribution in [0.4, 0.5) is 0 Å². The van der Waals surface area contributed by atoms with Gasteiger partial charge in [-0.15, -0.1) is 0 Å². The van der Waals surface area contributed by atoms with Crippen LogP contribution in [0.3, 0.4) is 0 Å². The van der Waals surface area contributed by atoms with Gasteiger partial charge in [-0.1, -0.05) is 68.7 Å². The largest absolute Gasteiger partial charge is 0.494 e. The van der Waals surface area contributed by atoms with Crippen molar-refractivity contribution in [3.8, 4) is 17.6 Å². The van der Waals surface area contributed by atoms with Crippen molar-refractivity contribution in [1.29, 1.82) is 0 Å². The van der Waals surface area contributed by atoms with E-state index in [1.807, 2.05) is 13.0 Å². The fraction of sp³-hybridized carbons (Fsp3) is 0.419. The fourth-order valence-electron chi connectivity index (χ4n) is 5.01. The Labute approximate surface area is 194 Å². The molecule has 1 saturated carbocycles. The van der Waals surface area contributed by atoms with Crippen molar-refractivity contribution in [2.24, 2.45) is 5.92 Å². The quantitative estimate of drug-likeness (QED) is 0.273. The zero-order valence-electron chi connectivity index (χ0n) is 19.7. The van der Waals surface area contributed by atoms with Gasteiger partial charge in [-0.25, -0.2) is 0 Å². The maximum absolute atomic E-state index is 5.60. The van der Waals surface area contributed by atoms with Gasteiger partial charge in [-0.3, -0.25) is 0 Å². The molecule has 1 fully saturated rings. The van der Waals surface area contributed by atoms with Crippen LogP contribution in [0.15, 0.2) is 60.7 Å². The van der Waals surface area contributed by atoms with Crippen molar-refractivity contribution in [2.75, 3.05) is 6.61 Å². The highest BCUT2D eigenvalue weighted by Crippen LogP contribution is 2.37. The normalized spacial score (nSPS) is 18.2. The molecule has 0 radical (unpaired) electrons. The highest BCUT2D eigenvalue weighted by atomic mass is 16.5. The lowest BCUT2D eigenvalue weighted by molar-refractivity contribution is 0.303. The summed E-state index contributed by atoms with van der Waals surface area (Å²) in [5, 5.41) is 2.38. The Hall–Kier alpha value is -2.72. The monoisotopic (exact) mass is 424 g/mol. The zero-order chi connectivity index (χ0) is 22.2. The zero-order valence-corrected chi connectivity index (χ0v) is 19.7. The average molecular weight is 425 g/mol. The van der Waals surface area contributed by atoms with E-state index >= 15 is 0 Å². The molecular formula is C31H36O. The SMILES string of the molecule is CCCCCC1CCC(c2ccc(C#Cc3ccc4cc(OCC)ccc4c3)cc2)CC1. The van der Waals surface area contributed by atoms with Crippen LogP contribution in [0.5, 0.6) is 5.75 Å². The lowest BCUT2D eigenvalue weighted by Gasteiger charge is -2.29. The lowest BCUT2D eigenvalue weighted by atomic mass is 9.77. The molecule has 0 N–H and O–H groups in total. The maximum atomic E-state index is 5.60. The maximum Gasteiger partial charge on any atom is 0.119 e. The van der Waals surface area contributed by atoms with E-state index in [-0.39, 0.29) is 0 Å². The van der Waals surface area contributed by atoms with Crippen molar-refractivity contribution in [3.05, 3.63) is 77.4 Å². The summed E-state index contributed by atoms with van der Waals surface area (Å²) < 4.78 is 5.60. The standard InChI is InChI=1S/C31H36O/c1-3-5-6-7-24-10-15-27(16-11-24)28-17-12-25(13-18-28)8-9-26-14-19-30-23-31(32-4-2)21-20-29(30)22-26/h12-14,17-24,27H,3-7,10-11,15-16H2,1-2H3. The summed E-state index contributed by atoms with van der Waals surface area (Å²) in [5.74, 6) is 9.32. The molecule has 1 nitrogen and oxygen atoms in total. The predicted molar refractivity (Wildman–Crippen MR) is 136 cm³/mol. The molecule has 32 heavy (non-hydrogen) atoms. The van der Waals surface area contributed by atoms with E-state index in [1.54, 1.807) is 0 Å². The van der Waals surface area contributed by atoms with Crippen molar-refractivity contribution in [1.82, 2.24) is 0 Å². The van der Waals surface area contributed by atoms with Gasteiger partial charge in [0.05, 0.1) is 6.61 Å². The van der Waals surface area contributed by atoms with Gasteiger partial charge in [0.1, 0.15) is 5.75 Å². The Balaban J connectivity index is 1.36. The van der Waals surface area contributed by atoms with E-state index in [4.69, 9.17) is 4.74 Å². The van der Waals surface area contributed by atoms with Crippen LogP contribution >= 0.6 is 0 Å². The molecule has 166 valence electrons. The summed E-state index contributed by atoms with van der Waals surface area (Å²) in [6.07, 6.45) is 11.1. The van der Waals surface area contributed by atoms with Crippen molar-refractivity contribution >= 4 is 10.8 Å². The van der Waals surface area contributed by atoms with E-state index in [2.05, 4.69) is 73.4 Å². The molecule has 0 heterocycles. The molecule has 3 aromatic rings. The van der Waals surface area contributed by atoms with Crippen LogP contribution in [-0.4, -0.2) is 6.61 Å². The van der Waals surface area contributed by atoms with Crippen LogP contribution in [-0.2, 0) is 0 Å². The van der Waals surface area contributed by atoms with Crippen molar-refractivity contribution in [2.45, 2.75) is 71.1 Å². The fourth-order valence-corrected chi connectivity index (χ4v) is 5.01. The molecule has 1 heteroatoms. The summed E-state index contributed by atoms with van der Waals surface area (Å²) in [7, 11) is 0. The smallest absolute Gasteiger partial charge is 0.119 e. The van der Waals surface area contributed by atoms with Crippen molar-refractivity contribution in [3.63, 3.8) is 0 Å². The molecule has 1 aliphatic carbocycles. The number of hydrogen-bond acceptors (Lipinski definition) is 1. The molecule has 4 rings (SSSR count). The number of fused-ring (bicyclic) bond motifs is 1. The van der Waals surface area contributed by atoms with Crippen LogP contribution in [0.1, 0.15) is 87.8 Å². The van der Waals surface area contributed by atoms with Gasteiger partial charge in [-0.2, -0.15) is 0 Å². The molecule has 0 aliphatic heterocycles. The first-order valence-corrected chi connectivity index (χ1v) is 12.5. The number of unbranched alkanes of at least 4 members (excludes halogenated alkanes) is 2. The number of rotatable bonds is 7. The topological polar surface area (TPSA) is 9.23 Å². The van der Waals surface area contributed by atoms with E-state index < -0.39 is 0 Å². The highest BCUT2D eigenvalue weighted by Gasteiger charge is 2.21. The third-order valence-corrected chi connectivity index (χ3v) is 6.92. The van der Waals surface area contributed by atoms with Crippen molar-refractivity contribution < 1.29 is 4.74 Å². The first-order valence-electron chi connectivity index (χ1n) is 12.5. The Kier molecular flexibility index (Phi) is 7.89. The van der Waals surface area contributed by atoms with Gasteiger partial charge in [-0.05, 0) is 97.2 Å². The molecule has 3 aromatic carbocycles. The van der Waals surface area contributed by atoms with Gasteiger partial charge < -0.3 is 4.74 Å². The summed E-state index contributed by atoms with van der Waals surface area (Å²) >= 11 is 0. The molecule has 0 amide bonds. The van der Waals surface area contributed by atoms with E-state index in [1.165, 1.54) is 67.7 Å². The second kappa shape index (κ2) is 11.2. The van der Waals surface area contributed by atoms with Crippen LogP contribution < -0.4 is 4.74 Å². The third-order valence-electron chi connectivity index (χ3n) is 6.92. The molecule has 0 unspecified atom stereocenters. The minimum absolute atomic E-state index is 0.689. The van der Waals surface area contributed by atoms with Gasteiger partial charge in [0, 0.05) is 11.1 Å². The van der Waals surface area contributed by atoms with E-state index in [9.17, 15) is 0 Å². The highest BCUT2D eigenvalue weighted by molar-refractivity contribution is 5.85. The Bertz CT molecular complexity index is 1060. The molecule has 1 aliphatic rings. The van der Waals surface area contributed by atoms with Crippen LogP contribution in [0, 0.1) is 17.8 Å². The minimum atomic E-state index is 0.689. The molecule has 0 atom stereocenters. The summed E-state index contributed by atoms with van der Waals surface area (Å²) in [6.45, 7) is 5.00. The van der Waals surface area contributed by atoms with Gasteiger partial charge in [0.15, 0.2) is 0 Å². The predicted octanol–water partition coefficient (Wildman–Crippen LogP) is 8.49. The van der Waals surface area contributed by atoms with Crippen LogP contribution in [0.25, 0.3) is 10.8 Å². The summed E-state index contributed by atoms with van der Waals surface area (Å²) in [4.78, 5) is 0. The Morgan fingerprint density at radius 1 is 0.750 bits per heavy atom. The second-order valence-electron chi connectivity index (χ2n) is 9.24. The van der Waals surface area contributed by atoms with Gasteiger partial charge in [0.2, 0.25) is 0 Å². The molecular weight excluding hydrogens is 388 g/mol. The van der Waals surface area contributed by atoms with Gasteiger partial charge >= 0.3 is 0 Å². The first kappa shape index (κ1) is 22.5.